The van der Waals surface area contributed by atoms with E-state index in [-0.39, 0.29) is 29.8 Å². The molecule has 156 valence electrons. The maximum Gasteiger partial charge on any atom is 0.332 e. The van der Waals surface area contributed by atoms with Gasteiger partial charge in [-0.1, -0.05) is 35.3 Å². The van der Waals surface area contributed by atoms with Crippen LogP contribution in [0.4, 0.5) is 5.69 Å². The van der Waals surface area contributed by atoms with E-state index in [0.717, 1.165) is 17.4 Å². The average molecular weight is 448 g/mol. The number of fused-ring (bicyclic) bond motifs is 1. The number of hydrogen-bond acceptors (Lipinski definition) is 4. The molecule has 0 radical (unpaired) electrons. The highest BCUT2D eigenvalue weighted by Crippen LogP contribution is 2.25. The number of benzene rings is 2. The van der Waals surface area contributed by atoms with Crippen LogP contribution in [0.15, 0.2) is 52.1 Å². The summed E-state index contributed by atoms with van der Waals surface area (Å²) in [5.41, 5.74) is -0.153. The van der Waals surface area contributed by atoms with Gasteiger partial charge < -0.3 is 10.1 Å². The van der Waals surface area contributed by atoms with Crippen molar-refractivity contribution in [2.24, 2.45) is 0 Å². The smallest absolute Gasteiger partial charge is 0.332 e. The van der Waals surface area contributed by atoms with Crippen LogP contribution in [0.3, 0.4) is 0 Å². The molecule has 1 atom stereocenters. The largest absolute Gasteiger partial charge is 0.376 e. The molecule has 2 aromatic carbocycles. The third-order valence-corrected chi connectivity index (χ3v) is 5.60. The van der Waals surface area contributed by atoms with Crippen molar-refractivity contribution in [3.05, 3.63) is 73.3 Å². The van der Waals surface area contributed by atoms with Crippen LogP contribution in [0.5, 0.6) is 0 Å². The van der Waals surface area contributed by atoms with Crippen LogP contribution in [0.1, 0.15) is 12.8 Å². The lowest BCUT2D eigenvalue weighted by Crippen LogP contribution is -2.43. The molecule has 0 bridgehead atoms. The van der Waals surface area contributed by atoms with Crippen molar-refractivity contribution in [3.8, 4) is 0 Å². The van der Waals surface area contributed by atoms with E-state index in [1.165, 1.54) is 10.6 Å². The van der Waals surface area contributed by atoms with Crippen LogP contribution in [-0.2, 0) is 22.6 Å². The first-order chi connectivity index (χ1) is 14.4. The number of anilines is 1. The van der Waals surface area contributed by atoms with Gasteiger partial charge in [0.1, 0.15) is 6.54 Å². The molecule has 4 rings (SSSR count). The summed E-state index contributed by atoms with van der Waals surface area (Å²) in [5.74, 6) is -0.450. The second kappa shape index (κ2) is 8.63. The van der Waals surface area contributed by atoms with Crippen LogP contribution in [0, 0.1) is 0 Å². The summed E-state index contributed by atoms with van der Waals surface area (Å²) >= 11 is 12.0. The Bertz CT molecular complexity index is 1230. The van der Waals surface area contributed by atoms with Crippen LogP contribution in [0.2, 0.25) is 10.0 Å². The van der Waals surface area contributed by atoms with Crippen molar-refractivity contribution in [3.63, 3.8) is 0 Å². The van der Waals surface area contributed by atoms with E-state index < -0.39 is 11.6 Å². The lowest BCUT2D eigenvalue weighted by atomic mass is 10.2. The number of para-hydroxylation sites is 1. The molecule has 9 heteroatoms. The molecule has 3 aromatic rings. The molecule has 0 unspecified atom stereocenters. The minimum Gasteiger partial charge on any atom is -0.376 e. The average Bonchev–Trinajstić information content (AvgIpc) is 3.24. The Kier molecular flexibility index (Phi) is 5.94. The molecule has 1 saturated heterocycles. The normalized spacial score (nSPS) is 16.1. The first-order valence-electron chi connectivity index (χ1n) is 9.53. The van der Waals surface area contributed by atoms with Crippen molar-refractivity contribution in [2.45, 2.75) is 32.0 Å². The number of nitrogens with zero attached hydrogens (tertiary/aromatic N) is 2. The van der Waals surface area contributed by atoms with E-state index in [1.807, 2.05) is 0 Å². The second-order valence-corrected chi connectivity index (χ2v) is 7.95. The fourth-order valence-electron chi connectivity index (χ4n) is 3.60. The summed E-state index contributed by atoms with van der Waals surface area (Å²) in [6.07, 6.45) is 1.49. The topological polar surface area (TPSA) is 82.3 Å². The minimum atomic E-state index is -0.549. The van der Waals surface area contributed by atoms with E-state index in [1.54, 1.807) is 36.4 Å². The molecule has 1 amide bonds. The predicted octanol–water partition coefficient (Wildman–Crippen LogP) is 3.29. The molecule has 0 spiro atoms. The quantitative estimate of drug-likeness (QED) is 0.650. The molecule has 1 aliphatic rings. The summed E-state index contributed by atoms with van der Waals surface area (Å²) in [6.45, 7) is 0.503. The van der Waals surface area contributed by atoms with E-state index >= 15 is 0 Å². The number of amides is 1. The first kappa shape index (κ1) is 20.7. The Morgan fingerprint density at radius 1 is 1.13 bits per heavy atom. The van der Waals surface area contributed by atoms with E-state index in [9.17, 15) is 14.4 Å². The zero-order valence-corrected chi connectivity index (χ0v) is 17.4. The van der Waals surface area contributed by atoms with Gasteiger partial charge in [0.2, 0.25) is 5.91 Å². The molecule has 1 fully saturated rings. The van der Waals surface area contributed by atoms with Crippen molar-refractivity contribution >= 4 is 45.7 Å². The number of carbonyl (C=O) groups excluding carboxylic acids is 1. The van der Waals surface area contributed by atoms with Gasteiger partial charge in [-0.15, -0.1) is 0 Å². The molecule has 1 N–H and O–H groups in total. The van der Waals surface area contributed by atoms with Gasteiger partial charge in [-0.2, -0.15) is 0 Å². The molecule has 0 saturated carbocycles. The van der Waals surface area contributed by atoms with Gasteiger partial charge >= 0.3 is 5.69 Å². The Balaban J connectivity index is 1.71. The number of rotatable bonds is 5. The van der Waals surface area contributed by atoms with E-state index in [0.29, 0.717) is 28.2 Å². The molecule has 1 aromatic heterocycles. The summed E-state index contributed by atoms with van der Waals surface area (Å²) < 4.78 is 8.04. The standard InChI is InChI=1S/C21H19Cl2N3O4/c22-13-7-8-17(16(23)10-13)24-19(27)12-25-18-6-2-1-5-15(18)20(28)26(21(25)29)11-14-4-3-9-30-14/h1-2,5-8,10,14H,3-4,9,11-12H2,(H,24,27)/t14-/m0/s1. The van der Waals surface area contributed by atoms with Gasteiger partial charge in [-0.25, -0.2) is 4.79 Å². The lowest BCUT2D eigenvalue weighted by molar-refractivity contribution is -0.116. The predicted molar refractivity (Wildman–Crippen MR) is 117 cm³/mol. The lowest BCUT2D eigenvalue weighted by Gasteiger charge is -2.16. The monoisotopic (exact) mass is 447 g/mol. The highest BCUT2D eigenvalue weighted by atomic mass is 35.5. The summed E-state index contributed by atoms with van der Waals surface area (Å²) in [5, 5.41) is 3.79. The molecule has 30 heavy (non-hydrogen) atoms. The molecule has 1 aliphatic heterocycles. The van der Waals surface area contributed by atoms with Gasteiger partial charge in [0.15, 0.2) is 0 Å². The maximum absolute atomic E-state index is 13.1. The number of ether oxygens (including phenoxy) is 1. The fraction of sp³-hybridized carbons (Fsp3) is 0.286. The van der Waals surface area contributed by atoms with Crippen LogP contribution < -0.4 is 16.6 Å². The Morgan fingerprint density at radius 3 is 2.67 bits per heavy atom. The Labute approximate surface area is 181 Å². The molecular weight excluding hydrogens is 429 g/mol. The SMILES string of the molecule is O=C(Cn1c(=O)n(C[C@@H]2CCCO2)c(=O)c2ccccc21)Nc1ccc(Cl)cc1Cl. The number of carbonyl (C=O) groups is 1. The molecule has 2 heterocycles. The second-order valence-electron chi connectivity index (χ2n) is 7.11. The Morgan fingerprint density at radius 2 is 1.93 bits per heavy atom. The van der Waals surface area contributed by atoms with Gasteiger partial charge in [-0.3, -0.25) is 18.7 Å². The van der Waals surface area contributed by atoms with Crippen LogP contribution >= 0.6 is 23.2 Å². The fourth-order valence-corrected chi connectivity index (χ4v) is 4.06. The molecular formula is C21H19Cl2N3O4. The van der Waals surface area contributed by atoms with Crippen molar-refractivity contribution < 1.29 is 9.53 Å². The van der Waals surface area contributed by atoms with E-state index in [2.05, 4.69) is 5.32 Å². The third kappa shape index (κ3) is 4.14. The zero-order valence-electron chi connectivity index (χ0n) is 15.9. The van der Waals surface area contributed by atoms with Gasteiger partial charge in [0.25, 0.3) is 5.56 Å². The van der Waals surface area contributed by atoms with Gasteiger partial charge in [-0.05, 0) is 43.2 Å². The Hall–Kier alpha value is -2.61. The molecule has 0 aliphatic carbocycles. The van der Waals surface area contributed by atoms with E-state index in [4.69, 9.17) is 27.9 Å². The number of halogens is 2. The highest BCUT2D eigenvalue weighted by molar-refractivity contribution is 6.36. The van der Waals surface area contributed by atoms with Crippen molar-refractivity contribution in [1.82, 2.24) is 9.13 Å². The van der Waals surface area contributed by atoms with Gasteiger partial charge in [0, 0.05) is 11.6 Å². The van der Waals surface area contributed by atoms with Crippen LogP contribution in [0.25, 0.3) is 10.9 Å². The molecule has 7 nitrogen and oxygen atoms in total. The number of hydrogen-bond donors (Lipinski definition) is 1. The number of aromatic nitrogens is 2. The van der Waals surface area contributed by atoms with Crippen molar-refractivity contribution in [2.75, 3.05) is 11.9 Å². The summed E-state index contributed by atoms with van der Waals surface area (Å²) in [7, 11) is 0. The summed E-state index contributed by atoms with van der Waals surface area (Å²) in [6, 6.07) is 11.4. The van der Waals surface area contributed by atoms with Crippen LogP contribution in [-0.4, -0.2) is 27.8 Å². The minimum absolute atomic E-state index is 0.160. The maximum atomic E-state index is 13.1. The first-order valence-corrected chi connectivity index (χ1v) is 10.3. The number of nitrogens with one attached hydrogen (secondary N) is 1. The third-order valence-electron chi connectivity index (χ3n) is 5.05. The van der Waals surface area contributed by atoms with Crippen molar-refractivity contribution in [1.29, 1.82) is 0 Å². The highest BCUT2D eigenvalue weighted by Gasteiger charge is 2.21. The zero-order chi connectivity index (χ0) is 21.3. The van der Waals surface area contributed by atoms with Gasteiger partial charge in [0.05, 0.1) is 34.3 Å². The summed E-state index contributed by atoms with van der Waals surface area (Å²) in [4.78, 5) is 38.7.